The Morgan fingerprint density at radius 1 is 1.11 bits per heavy atom. The molecule has 0 bridgehead atoms. The smallest absolute Gasteiger partial charge is 0.410 e. The van der Waals surface area contributed by atoms with Crippen molar-refractivity contribution in [3.05, 3.63) is 0 Å². The second-order valence-corrected chi connectivity index (χ2v) is 11.2. The Balaban J connectivity index is 1.61. The van der Waals surface area contributed by atoms with Crippen molar-refractivity contribution in [2.24, 2.45) is 29.1 Å². The van der Waals surface area contributed by atoms with E-state index in [0.29, 0.717) is 41.4 Å². The fourth-order valence-corrected chi connectivity index (χ4v) is 6.38. The summed E-state index contributed by atoms with van der Waals surface area (Å²) < 4.78 is 11.9. The predicted molar refractivity (Wildman–Crippen MR) is 105 cm³/mol. The van der Waals surface area contributed by atoms with Crippen molar-refractivity contribution in [3.8, 4) is 0 Å². The van der Waals surface area contributed by atoms with Crippen molar-refractivity contribution in [2.75, 3.05) is 26.7 Å². The minimum atomic E-state index is -0.436. The molecule has 6 atom stereocenters. The number of hydrogen-bond acceptors (Lipinski definition) is 4. The van der Waals surface area contributed by atoms with Gasteiger partial charge in [0.05, 0.1) is 0 Å². The minimum absolute atomic E-state index is 0.138. The van der Waals surface area contributed by atoms with E-state index in [1.807, 2.05) is 25.7 Å². The Hall–Kier alpha value is -0.810. The van der Waals surface area contributed by atoms with E-state index in [1.54, 1.807) is 0 Å². The average Bonchev–Trinajstić information content (AvgIpc) is 3.24. The molecule has 3 heterocycles. The first-order valence-corrected chi connectivity index (χ1v) is 10.9. The van der Waals surface area contributed by atoms with Crippen LogP contribution in [0.25, 0.3) is 0 Å². The van der Waals surface area contributed by atoms with Gasteiger partial charge in [0.15, 0.2) is 0 Å². The number of nitrogens with zero attached hydrogens (tertiary/aromatic N) is 2. The van der Waals surface area contributed by atoms with Gasteiger partial charge in [0, 0.05) is 19.6 Å². The lowest BCUT2D eigenvalue weighted by Gasteiger charge is -2.44. The molecule has 3 aliphatic heterocycles. The average molecular weight is 379 g/mol. The zero-order valence-corrected chi connectivity index (χ0v) is 18.0. The third-order valence-electron chi connectivity index (χ3n) is 7.46. The lowest BCUT2D eigenvalue weighted by Crippen LogP contribution is -2.46. The fourth-order valence-electron chi connectivity index (χ4n) is 6.38. The standard InChI is InChI=1S/C22H38N2O3/c1-21(2,3)27-20(25)24-12-14-11-23(6)19-18(26-19)15-9-7-8-10-22(4,5)17(15)16(14)13-24/h14-19H,7-13H2,1-6H3. The van der Waals surface area contributed by atoms with Gasteiger partial charge in [-0.25, -0.2) is 4.79 Å². The highest BCUT2D eigenvalue weighted by atomic mass is 16.6. The molecule has 0 radical (unpaired) electrons. The van der Waals surface area contributed by atoms with Crippen LogP contribution < -0.4 is 0 Å². The Morgan fingerprint density at radius 3 is 2.56 bits per heavy atom. The number of likely N-dealkylation sites (tertiary alicyclic amines) is 2. The predicted octanol–water partition coefficient (Wildman–Crippen LogP) is 3.97. The molecule has 4 rings (SSSR count). The molecule has 5 heteroatoms. The van der Waals surface area contributed by atoms with Gasteiger partial charge in [-0.1, -0.05) is 26.7 Å². The number of carbonyl (C=O) groups is 1. The van der Waals surface area contributed by atoms with Crippen molar-refractivity contribution in [3.63, 3.8) is 0 Å². The minimum Gasteiger partial charge on any atom is -0.444 e. The van der Waals surface area contributed by atoms with Crippen LogP contribution in [0.4, 0.5) is 4.79 Å². The normalized spacial score (nSPS) is 41.5. The number of epoxide rings is 1. The Bertz CT molecular complexity index is 585. The summed E-state index contributed by atoms with van der Waals surface area (Å²) >= 11 is 0. The number of carbonyl (C=O) groups excluding carboxylic acids is 1. The summed E-state index contributed by atoms with van der Waals surface area (Å²) in [5.74, 6) is 2.31. The molecule has 4 fully saturated rings. The van der Waals surface area contributed by atoms with Crippen LogP contribution in [0.1, 0.15) is 60.3 Å². The maximum absolute atomic E-state index is 12.8. The quantitative estimate of drug-likeness (QED) is 0.598. The lowest BCUT2D eigenvalue weighted by molar-refractivity contribution is 0.0221. The van der Waals surface area contributed by atoms with Crippen molar-refractivity contribution < 1.29 is 14.3 Å². The topological polar surface area (TPSA) is 45.3 Å². The summed E-state index contributed by atoms with van der Waals surface area (Å²) in [4.78, 5) is 17.2. The van der Waals surface area contributed by atoms with Crippen molar-refractivity contribution in [1.82, 2.24) is 9.80 Å². The summed E-state index contributed by atoms with van der Waals surface area (Å²) in [6.07, 6.45) is 5.75. The van der Waals surface area contributed by atoms with Gasteiger partial charge in [0.1, 0.15) is 17.9 Å². The number of hydrogen-bond donors (Lipinski definition) is 0. The number of amides is 1. The highest BCUT2D eigenvalue weighted by molar-refractivity contribution is 5.68. The molecular weight excluding hydrogens is 340 g/mol. The molecule has 1 aliphatic carbocycles. The zero-order valence-electron chi connectivity index (χ0n) is 18.0. The Morgan fingerprint density at radius 2 is 1.85 bits per heavy atom. The first-order chi connectivity index (χ1) is 12.6. The number of fused-ring (bicyclic) bond motifs is 5. The molecule has 0 N–H and O–H groups in total. The number of likely N-dealkylation sites (N-methyl/N-ethyl adjacent to an activating group) is 1. The summed E-state index contributed by atoms with van der Waals surface area (Å²) in [5, 5.41) is 0. The van der Waals surface area contributed by atoms with E-state index in [-0.39, 0.29) is 6.09 Å². The van der Waals surface area contributed by atoms with Gasteiger partial charge in [-0.3, -0.25) is 4.90 Å². The van der Waals surface area contributed by atoms with Crippen LogP contribution in [0.2, 0.25) is 0 Å². The van der Waals surface area contributed by atoms with Gasteiger partial charge in [0.25, 0.3) is 0 Å². The fraction of sp³-hybridized carbons (Fsp3) is 0.955. The van der Waals surface area contributed by atoms with Crippen LogP contribution in [0, 0.1) is 29.1 Å². The molecule has 6 unspecified atom stereocenters. The van der Waals surface area contributed by atoms with E-state index in [0.717, 1.165) is 19.6 Å². The van der Waals surface area contributed by atoms with E-state index in [1.165, 1.54) is 25.7 Å². The van der Waals surface area contributed by atoms with E-state index in [9.17, 15) is 4.79 Å². The van der Waals surface area contributed by atoms with E-state index in [4.69, 9.17) is 9.47 Å². The van der Waals surface area contributed by atoms with Crippen molar-refractivity contribution >= 4 is 6.09 Å². The van der Waals surface area contributed by atoms with E-state index >= 15 is 0 Å². The number of rotatable bonds is 0. The summed E-state index contributed by atoms with van der Waals surface area (Å²) in [5.41, 5.74) is -0.130. The van der Waals surface area contributed by atoms with Crippen LogP contribution in [-0.2, 0) is 9.47 Å². The van der Waals surface area contributed by atoms with E-state index in [2.05, 4.69) is 25.8 Å². The van der Waals surface area contributed by atoms with Crippen LogP contribution in [0.5, 0.6) is 0 Å². The molecule has 0 spiro atoms. The molecule has 3 saturated heterocycles. The van der Waals surface area contributed by atoms with Gasteiger partial charge in [-0.2, -0.15) is 0 Å². The molecule has 1 saturated carbocycles. The van der Waals surface area contributed by atoms with Gasteiger partial charge < -0.3 is 14.4 Å². The van der Waals surface area contributed by atoms with Gasteiger partial charge >= 0.3 is 6.09 Å². The molecule has 5 nitrogen and oxygen atoms in total. The highest BCUT2D eigenvalue weighted by Gasteiger charge is 2.59. The third-order valence-corrected chi connectivity index (χ3v) is 7.46. The molecular formula is C22H38N2O3. The molecule has 154 valence electrons. The van der Waals surface area contributed by atoms with Crippen LogP contribution in [0.15, 0.2) is 0 Å². The van der Waals surface area contributed by atoms with Gasteiger partial charge in [0.2, 0.25) is 0 Å². The zero-order chi connectivity index (χ0) is 19.6. The largest absolute Gasteiger partial charge is 0.444 e. The van der Waals surface area contributed by atoms with E-state index < -0.39 is 5.60 Å². The van der Waals surface area contributed by atoms with Crippen LogP contribution >= 0.6 is 0 Å². The lowest BCUT2D eigenvalue weighted by atomic mass is 9.61. The monoisotopic (exact) mass is 378 g/mol. The third kappa shape index (κ3) is 3.74. The first kappa shape index (κ1) is 19.5. The Kier molecular flexibility index (Phi) is 4.78. The first-order valence-electron chi connectivity index (χ1n) is 10.9. The van der Waals surface area contributed by atoms with Crippen molar-refractivity contribution in [1.29, 1.82) is 0 Å². The van der Waals surface area contributed by atoms with Gasteiger partial charge in [-0.15, -0.1) is 0 Å². The summed E-state index contributed by atoms with van der Waals surface area (Å²) in [7, 11) is 2.19. The molecule has 0 aromatic heterocycles. The highest BCUT2D eigenvalue weighted by Crippen LogP contribution is 2.55. The molecule has 0 aromatic rings. The summed E-state index contributed by atoms with van der Waals surface area (Å²) in [6.45, 7) is 13.5. The maximum atomic E-state index is 12.8. The van der Waals surface area contributed by atoms with Gasteiger partial charge in [-0.05, 0) is 69.7 Å². The summed E-state index contributed by atoms with van der Waals surface area (Å²) in [6, 6.07) is 0. The Labute approximate surface area is 164 Å². The molecule has 0 aromatic carbocycles. The second kappa shape index (κ2) is 6.62. The SMILES string of the molecule is CN1CC2CN(C(=O)OC(C)(C)C)CC2C2C(CCCCC2(C)C)C2OC21. The number of ether oxygens (including phenoxy) is 2. The molecule has 27 heavy (non-hydrogen) atoms. The molecule has 1 amide bonds. The maximum Gasteiger partial charge on any atom is 0.410 e. The van der Waals surface area contributed by atoms with Crippen molar-refractivity contribution in [2.45, 2.75) is 78.2 Å². The van der Waals surface area contributed by atoms with Crippen LogP contribution in [0.3, 0.4) is 0 Å². The van der Waals surface area contributed by atoms with Crippen LogP contribution in [-0.4, -0.2) is 60.5 Å². The second-order valence-electron chi connectivity index (χ2n) is 11.2. The molecule has 4 aliphatic rings.